The van der Waals surface area contributed by atoms with E-state index in [1.54, 1.807) is 6.92 Å². The third kappa shape index (κ3) is 4.47. The number of allylic oxidation sites excluding steroid dienone is 1. The number of carbonyl (C=O) groups is 1. The van der Waals surface area contributed by atoms with E-state index in [0.717, 1.165) is 11.3 Å². The molecule has 1 aromatic rings. The fourth-order valence-electron chi connectivity index (χ4n) is 2.44. The maximum absolute atomic E-state index is 12.3. The van der Waals surface area contributed by atoms with Gasteiger partial charge in [-0.3, -0.25) is 0 Å². The molecule has 0 bridgehead atoms. The van der Waals surface area contributed by atoms with Crippen molar-refractivity contribution >= 4 is 23.3 Å². The van der Waals surface area contributed by atoms with Crippen LogP contribution in [0.1, 0.15) is 39.3 Å². The summed E-state index contributed by atoms with van der Waals surface area (Å²) in [6.45, 7) is 8.82. The van der Waals surface area contributed by atoms with Crippen LogP contribution in [0.15, 0.2) is 35.5 Å². The molecular formula is C18H24N2O3S. The molecule has 0 spiro atoms. The van der Waals surface area contributed by atoms with E-state index >= 15 is 0 Å². The van der Waals surface area contributed by atoms with Gasteiger partial charge in [0.1, 0.15) is 5.75 Å². The Labute approximate surface area is 148 Å². The van der Waals surface area contributed by atoms with E-state index in [9.17, 15) is 4.79 Å². The Morgan fingerprint density at radius 3 is 2.54 bits per heavy atom. The third-order valence-corrected chi connectivity index (χ3v) is 3.78. The summed E-state index contributed by atoms with van der Waals surface area (Å²) in [4.78, 5) is 12.3. The van der Waals surface area contributed by atoms with Crippen LogP contribution in [-0.2, 0) is 9.53 Å². The molecule has 0 saturated carbocycles. The predicted octanol–water partition coefficient (Wildman–Crippen LogP) is 3.08. The van der Waals surface area contributed by atoms with Crippen LogP contribution in [0, 0.1) is 5.92 Å². The minimum Gasteiger partial charge on any atom is -0.493 e. The molecule has 1 aliphatic heterocycles. The second-order valence-corrected chi connectivity index (χ2v) is 6.47. The first-order chi connectivity index (χ1) is 11.4. The molecule has 1 heterocycles. The van der Waals surface area contributed by atoms with Gasteiger partial charge >= 0.3 is 5.97 Å². The average Bonchev–Trinajstić information content (AvgIpc) is 2.52. The molecule has 0 fully saturated rings. The van der Waals surface area contributed by atoms with Crippen molar-refractivity contribution < 1.29 is 14.3 Å². The zero-order valence-electron chi connectivity index (χ0n) is 14.5. The summed E-state index contributed by atoms with van der Waals surface area (Å²) < 4.78 is 10.9. The number of carbonyl (C=O) groups excluding carboxylic acids is 1. The Morgan fingerprint density at radius 2 is 1.96 bits per heavy atom. The van der Waals surface area contributed by atoms with Gasteiger partial charge in [-0.2, -0.15) is 0 Å². The van der Waals surface area contributed by atoms with Crippen molar-refractivity contribution in [2.24, 2.45) is 5.92 Å². The van der Waals surface area contributed by atoms with Crippen LogP contribution < -0.4 is 15.4 Å². The molecule has 6 heteroatoms. The Kier molecular flexibility index (Phi) is 6.20. The first-order valence-corrected chi connectivity index (χ1v) is 8.51. The second kappa shape index (κ2) is 8.15. The predicted molar refractivity (Wildman–Crippen MR) is 97.7 cm³/mol. The molecule has 0 amide bonds. The molecule has 2 N–H and O–H groups in total. The Morgan fingerprint density at radius 1 is 1.29 bits per heavy atom. The first-order valence-electron chi connectivity index (χ1n) is 8.10. The summed E-state index contributed by atoms with van der Waals surface area (Å²) in [7, 11) is 0. The highest BCUT2D eigenvalue weighted by molar-refractivity contribution is 7.80. The van der Waals surface area contributed by atoms with Crippen molar-refractivity contribution in [3.05, 3.63) is 41.1 Å². The highest BCUT2D eigenvalue weighted by Gasteiger charge is 2.30. The normalized spacial score (nSPS) is 17.4. The Hall–Kier alpha value is -2.08. The maximum atomic E-state index is 12.3. The van der Waals surface area contributed by atoms with E-state index in [0.29, 0.717) is 35.5 Å². The van der Waals surface area contributed by atoms with E-state index in [-0.39, 0.29) is 12.0 Å². The number of hydrogen-bond acceptors (Lipinski definition) is 4. The average molecular weight is 348 g/mol. The van der Waals surface area contributed by atoms with E-state index < -0.39 is 0 Å². The molecule has 1 aromatic carbocycles. The summed E-state index contributed by atoms with van der Waals surface area (Å²) >= 11 is 5.23. The van der Waals surface area contributed by atoms with Crippen LogP contribution in [0.3, 0.4) is 0 Å². The highest BCUT2D eigenvalue weighted by atomic mass is 32.1. The van der Waals surface area contributed by atoms with Crippen LogP contribution in [0.4, 0.5) is 0 Å². The molecular weight excluding hydrogens is 324 g/mol. The molecule has 0 radical (unpaired) electrons. The summed E-state index contributed by atoms with van der Waals surface area (Å²) in [5, 5.41) is 6.62. The van der Waals surface area contributed by atoms with Crippen LogP contribution in [0.25, 0.3) is 0 Å². The van der Waals surface area contributed by atoms with Gasteiger partial charge in [-0.1, -0.05) is 26.0 Å². The summed E-state index contributed by atoms with van der Waals surface area (Å²) in [6.07, 6.45) is 0. The quantitative estimate of drug-likeness (QED) is 0.609. The number of thiocarbonyl (C=S) groups is 1. The van der Waals surface area contributed by atoms with Crippen LogP contribution in [0.5, 0.6) is 5.75 Å². The summed E-state index contributed by atoms with van der Waals surface area (Å²) in [5.74, 6) is 0.930. The maximum Gasteiger partial charge on any atom is 0.338 e. The highest BCUT2D eigenvalue weighted by Crippen LogP contribution is 2.29. The summed E-state index contributed by atoms with van der Waals surface area (Å²) in [5.41, 5.74) is 2.18. The van der Waals surface area contributed by atoms with Crippen molar-refractivity contribution in [3.8, 4) is 5.75 Å². The molecule has 5 nitrogen and oxygen atoms in total. The largest absolute Gasteiger partial charge is 0.493 e. The molecule has 0 aromatic heterocycles. The molecule has 0 aliphatic carbocycles. The zero-order chi connectivity index (χ0) is 17.7. The van der Waals surface area contributed by atoms with Gasteiger partial charge in [-0.15, -0.1) is 0 Å². The van der Waals surface area contributed by atoms with Crippen molar-refractivity contribution in [3.63, 3.8) is 0 Å². The number of hydrogen-bond donors (Lipinski definition) is 2. The number of ether oxygens (including phenoxy) is 2. The molecule has 24 heavy (non-hydrogen) atoms. The first kappa shape index (κ1) is 18.3. The van der Waals surface area contributed by atoms with E-state index in [2.05, 4.69) is 24.5 Å². The van der Waals surface area contributed by atoms with Crippen molar-refractivity contribution in [1.29, 1.82) is 0 Å². The van der Waals surface area contributed by atoms with Crippen molar-refractivity contribution in [2.75, 3.05) is 13.2 Å². The number of rotatable bonds is 6. The van der Waals surface area contributed by atoms with Gasteiger partial charge in [0, 0.05) is 5.70 Å². The van der Waals surface area contributed by atoms with Gasteiger partial charge in [0.05, 0.1) is 24.8 Å². The lowest BCUT2D eigenvalue weighted by Crippen LogP contribution is -2.45. The van der Waals surface area contributed by atoms with Gasteiger partial charge in [-0.05, 0) is 49.7 Å². The van der Waals surface area contributed by atoms with Crippen LogP contribution in [0.2, 0.25) is 0 Å². The second-order valence-electron chi connectivity index (χ2n) is 6.06. The van der Waals surface area contributed by atoms with Gasteiger partial charge in [0.15, 0.2) is 5.11 Å². The topological polar surface area (TPSA) is 59.6 Å². The molecule has 0 saturated heterocycles. The third-order valence-electron chi connectivity index (χ3n) is 3.56. The smallest absolute Gasteiger partial charge is 0.338 e. The number of nitrogens with one attached hydrogen (secondary N) is 2. The van der Waals surface area contributed by atoms with E-state index in [1.165, 1.54) is 0 Å². The summed E-state index contributed by atoms with van der Waals surface area (Å²) in [6, 6.07) is 7.35. The molecule has 130 valence electrons. The van der Waals surface area contributed by atoms with E-state index in [1.807, 2.05) is 31.2 Å². The van der Waals surface area contributed by atoms with E-state index in [4.69, 9.17) is 21.7 Å². The molecule has 2 rings (SSSR count). The van der Waals surface area contributed by atoms with Gasteiger partial charge < -0.3 is 20.1 Å². The van der Waals surface area contributed by atoms with Crippen LogP contribution >= 0.6 is 12.2 Å². The molecule has 1 atom stereocenters. The minimum atomic E-state index is -0.345. The Balaban J connectivity index is 2.25. The minimum absolute atomic E-state index is 0.328. The fourth-order valence-corrected chi connectivity index (χ4v) is 2.71. The monoisotopic (exact) mass is 348 g/mol. The Bertz CT molecular complexity index is 638. The van der Waals surface area contributed by atoms with Crippen LogP contribution in [-0.4, -0.2) is 24.3 Å². The van der Waals surface area contributed by atoms with Gasteiger partial charge in [-0.25, -0.2) is 4.79 Å². The standard InChI is InChI=1S/C18H24N2O3S/c1-5-22-17(21)15-12(4)19-18(24)20-16(15)13-6-8-14(9-7-13)23-10-11(2)3/h6-9,11,16H,5,10H2,1-4H3,(H2,19,20,24)/t16-/m1/s1. The van der Waals surface area contributed by atoms with Gasteiger partial charge in [0.2, 0.25) is 0 Å². The SMILES string of the molecule is CCOC(=O)C1=C(C)NC(=S)N[C@@H]1c1ccc(OCC(C)C)cc1. The van der Waals surface area contributed by atoms with Crippen molar-refractivity contribution in [1.82, 2.24) is 10.6 Å². The lowest BCUT2D eigenvalue weighted by molar-refractivity contribution is -0.139. The number of esters is 1. The molecule has 1 aliphatic rings. The lowest BCUT2D eigenvalue weighted by Gasteiger charge is -2.29. The molecule has 0 unspecified atom stereocenters. The van der Waals surface area contributed by atoms with Gasteiger partial charge in [0.25, 0.3) is 0 Å². The number of benzene rings is 1. The fraction of sp³-hybridized carbons (Fsp3) is 0.444. The van der Waals surface area contributed by atoms with Crippen molar-refractivity contribution in [2.45, 2.75) is 33.7 Å². The lowest BCUT2D eigenvalue weighted by atomic mass is 9.95. The zero-order valence-corrected chi connectivity index (χ0v) is 15.3.